The fourth-order valence-corrected chi connectivity index (χ4v) is 2.58. The molecule has 1 aromatic heterocycles. The number of nitrogens with one attached hydrogen (secondary N) is 1. The Hall–Kier alpha value is -2.41. The molecule has 1 heterocycles. The van der Waals surface area contributed by atoms with Crippen LogP contribution >= 0.6 is 0 Å². The van der Waals surface area contributed by atoms with Crippen molar-refractivity contribution in [2.24, 2.45) is 0 Å². The van der Waals surface area contributed by atoms with Crippen molar-refractivity contribution in [2.75, 3.05) is 5.32 Å². The zero-order valence-electron chi connectivity index (χ0n) is 12.7. The molecule has 0 aliphatic heterocycles. The van der Waals surface area contributed by atoms with Gasteiger partial charge in [0.1, 0.15) is 6.07 Å². The van der Waals surface area contributed by atoms with Crippen molar-refractivity contribution in [1.29, 1.82) is 5.26 Å². The topological polar surface area (TPSA) is 61.6 Å². The third-order valence-electron chi connectivity index (χ3n) is 3.56. The van der Waals surface area contributed by atoms with Gasteiger partial charge in [-0.25, -0.2) is 9.97 Å². The lowest BCUT2D eigenvalue weighted by atomic mass is 9.79. The molecule has 108 valence electrons. The van der Waals surface area contributed by atoms with E-state index in [0.29, 0.717) is 11.5 Å². The number of anilines is 1. The Bertz CT molecular complexity index is 629. The zero-order valence-corrected chi connectivity index (χ0v) is 12.7. The van der Waals surface area contributed by atoms with Crippen LogP contribution in [0.25, 0.3) is 0 Å². The molecule has 0 aliphatic rings. The summed E-state index contributed by atoms with van der Waals surface area (Å²) in [5.74, 6) is 0.552. The van der Waals surface area contributed by atoms with Crippen molar-refractivity contribution in [3.05, 3.63) is 54.0 Å². The lowest BCUT2D eigenvalue weighted by Gasteiger charge is -2.29. The highest BCUT2D eigenvalue weighted by molar-refractivity contribution is 5.47. The predicted octanol–water partition coefficient (Wildman–Crippen LogP) is 3.52. The fraction of sp³-hybridized carbons (Fsp3) is 0.353. The van der Waals surface area contributed by atoms with Gasteiger partial charge in [0, 0.05) is 18.4 Å². The largest absolute Gasteiger partial charge is 0.365 e. The minimum atomic E-state index is 0.0443. The van der Waals surface area contributed by atoms with Crippen LogP contribution in [0.15, 0.2) is 42.7 Å². The molecule has 2 aromatic rings. The minimum absolute atomic E-state index is 0.0443. The van der Waals surface area contributed by atoms with E-state index in [1.807, 2.05) is 6.07 Å². The van der Waals surface area contributed by atoms with Crippen LogP contribution in [0, 0.1) is 11.3 Å². The smallest absolute Gasteiger partial charge is 0.182 e. The molecule has 1 unspecified atom stereocenters. The van der Waals surface area contributed by atoms with E-state index in [2.05, 4.69) is 66.4 Å². The van der Waals surface area contributed by atoms with E-state index in [4.69, 9.17) is 5.26 Å². The van der Waals surface area contributed by atoms with Gasteiger partial charge in [0.15, 0.2) is 11.5 Å². The maximum atomic E-state index is 9.05. The molecule has 0 saturated carbocycles. The van der Waals surface area contributed by atoms with Gasteiger partial charge in [-0.3, -0.25) is 0 Å². The van der Waals surface area contributed by atoms with Crippen molar-refractivity contribution in [3.8, 4) is 6.07 Å². The molecule has 0 spiro atoms. The van der Waals surface area contributed by atoms with Crippen LogP contribution < -0.4 is 5.32 Å². The molecule has 4 nitrogen and oxygen atoms in total. The third-order valence-corrected chi connectivity index (χ3v) is 3.56. The van der Waals surface area contributed by atoms with Crippen LogP contribution in [0.1, 0.15) is 38.4 Å². The molecule has 4 heteroatoms. The van der Waals surface area contributed by atoms with Gasteiger partial charge in [-0.15, -0.1) is 0 Å². The SMILES string of the molecule is CC(CC(C)(C)c1ccccc1)Nc1nccnc1C#N. The molecule has 1 aromatic carbocycles. The molecule has 0 amide bonds. The summed E-state index contributed by atoms with van der Waals surface area (Å²) in [7, 11) is 0. The van der Waals surface area contributed by atoms with E-state index in [1.165, 1.54) is 11.8 Å². The summed E-state index contributed by atoms with van der Waals surface area (Å²) in [5, 5.41) is 12.3. The standard InChI is InChI=1S/C17H20N4/c1-13(21-16-15(12-18)19-9-10-20-16)11-17(2,3)14-7-5-4-6-8-14/h4-10,13H,11H2,1-3H3,(H,20,21). The summed E-state index contributed by atoms with van der Waals surface area (Å²) in [6.07, 6.45) is 4.05. The van der Waals surface area contributed by atoms with Crippen LogP contribution in [-0.2, 0) is 5.41 Å². The first-order valence-electron chi connectivity index (χ1n) is 7.06. The number of nitrogens with zero attached hydrogens (tertiary/aromatic N) is 3. The number of hydrogen-bond acceptors (Lipinski definition) is 4. The van der Waals surface area contributed by atoms with Crippen LogP contribution in [0.3, 0.4) is 0 Å². The molecule has 0 aliphatic carbocycles. The highest BCUT2D eigenvalue weighted by Gasteiger charge is 2.23. The number of rotatable bonds is 5. The lowest BCUT2D eigenvalue weighted by molar-refractivity contribution is 0.449. The van der Waals surface area contributed by atoms with Gasteiger partial charge in [0.25, 0.3) is 0 Å². The van der Waals surface area contributed by atoms with Crippen LogP contribution in [0.4, 0.5) is 5.82 Å². The van der Waals surface area contributed by atoms with Crippen molar-refractivity contribution in [3.63, 3.8) is 0 Å². The summed E-state index contributed by atoms with van der Waals surface area (Å²) in [6.45, 7) is 6.55. The predicted molar refractivity (Wildman–Crippen MR) is 83.9 cm³/mol. The average Bonchev–Trinajstić information content (AvgIpc) is 2.48. The van der Waals surface area contributed by atoms with E-state index < -0.39 is 0 Å². The third kappa shape index (κ3) is 3.79. The molecular weight excluding hydrogens is 260 g/mol. The summed E-state index contributed by atoms with van der Waals surface area (Å²) < 4.78 is 0. The molecule has 1 atom stereocenters. The Labute approximate surface area is 125 Å². The first-order chi connectivity index (χ1) is 10.0. The Morgan fingerprint density at radius 3 is 2.52 bits per heavy atom. The highest BCUT2D eigenvalue weighted by atomic mass is 15.0. The summed E-state index contributed by atoms with van der Waals surface area (Å²) in [6, 6.07) is 12.7. The second-order valence-electron chi connectivity index (χ2n) is 5.86. The molecule has 1 N–H and O–H groups in total. The van der Waals surface area contributed by atoms with Gasteiger partial charge in [-0.1, -0.05) is 44.2 Å². The molecule has 2 rings (SSSR count). The van der Waals surface area contributed by atoms with Gasteiger partial charge in [-0.2, -0.15) is 5.26 Å². The zero-order chi connectivity index (χ0) is 15.3. The quantitative estimate of drug-likeness (QED) is 0.910. The molecule has 0 saturated heterocycles. The Morgan fingerprint density at radius 1 is 1.19 bits per heavy atom. The van der Waals surface area contributed by atoms with Gasteiger partial charge < -0.3 is 5.32 Å². The monoisotopic (exact) mass is 280 g/mol. The molecular formula is C17H20N4. The average molecular weight is 280 g/mol. The van der Waals surface area contributed by atoms with Gasteiger partial charge in [0.2, 0.25) is 0 Å². The minimum Gasteiger partial charge on any atom is -0.365 e. The number of hydrogen-bond donors (Lipinski definition) is 1. The Kier molecular flexibility index (Phi) is 4.54. The Morgan fingerprint density at radius 2 is 1.86 bits per heavy atom. The normalized spacial score (nSPS) is 12.5. The molecule has 0 bridgehead atoms. The lowest BCUT2D eigenvalue weighted by Crippen LogP contribution is -2.28. The van der Waals surface area contributed by atoms with Gasteiger partial charge >= 0.3 is 0 Å². The van der Waals surface area contributed by atoms with Crippen LogP contribution in [-0.4, -0.2) is 16.0 Å². The maximum absolute atomic E-state index is 9.05. The molecule has 0 radical (unpaired) electrons. The van der Waals surface area contributed by atoms with E-state index in [-0.39, 0.29) is 11.5 Å². The van der Waals surface area contributed by atoms with E-state index in [9.17, 15) is 0 Å². The number of benzene rings is 1. The second-order valence-corrected chi connectivity index (χ2v) is 5.86. The van der Waals surface area contributed by atoms with Crippen LogP contribution in [0.5, 0.6) is 0 Å². The highest BCUT2D eigenvalue weighted by Crippen LogP contribution is 2.29. The van der Waals surface area contributed by atoms with Crippen molar-refractivity contribution < 1.29 is 0 Å². The summed E-state index contributed by atoms with van der Waals surface area (Å²) >= 11 is 0. The first-order valence-corrected chi connectivity index (χ1v) is 7.06. The van der Waals surface area contributed by atoms with E-state index in [1.54, 1.807) is 6.20 Å². The van der Waals surface area contributed by atoms with Crippen molar-refractivity contribution in [1.82, 2.24) is 9.97 Å². The van der Waals surface area contributed by atoms with Crippen molar-refractivity contribution in [2.45, 2.75) is 38.6 Å². The summed E-state index contributed by atoms with van der Waals surface area (Å²) in [4.78, 5) is 8.21. The number of aromatic nitrogens is 2. The first kappa shape index (κ1) is 15.0. The van der Waals surface area contributed by atoms with E-state index in [0.717, 1.165) is 6.42 Å². The fourth-order valence-electron chi connectivity index (χ4n) is 2.58. The van der Waals surface area contributed by atoms with E-state index >= 15 is 0 Å². The van der Waals surface area contributed by atoms with Gasteiger partial charge in [-0.05, 0) is 24.3 Å². The Balaban J connectivity index is 2.08. The molecule has 21 heavy (non-hydrogen) atoms. The van der Waals surface area contributed by atoms with Gasteiger partial charge in [0.05, 0.1) is 0 Å². The van der Waals surface area contributed by atoms with Crippen molar-refractivity contribution >= 4 is 5.82 Å². The van der Waals surface area contributed by atoms with Crippen LogP contribution in [0.2, 0.25) is 0 Å². The second kappa shape index (κ2) is 6.36. The number of nitriles is 1. The molecule has 0 fully saturated rings. The maximum Gasteiger partial charge on any atom is 0.182 e. The summed E-state index contributed by atoms with van der Waals surface area (Å²) in [5.41, 5.74) is 1.68.